The summed E-state index contributed by atoms with van der Waals surface area (Å²) in [5.41, 5.74) is 0. The summed E-state index contributed by atoms with van der Waals surface area (Å²) in [4.78, 5) is 12.4. The first-order valence-corrected chi connectivity index (χ1v) is 12.4. The predicted molar refractivity (Wildman–Crippen MR) is 104 cm³/mol. The van der Waals surface area contributed by atoms with Gasteiger partial charge in [-0.1, -0.05) is 18.9 Å². The number of thiophene rings is 1. The lowest BCUT2D eigenvalue weighted by Gasteiger charge is -2.30. The van der Waals surface area contributed by atoms with E-state index in [-0.39, 0.29) is 11.8 Å². The Bertz CT molecular complexity index is 655. The van der Waals surface area contributed by atoms with Gasteiger partial charge >= 0.3 is 0 Å². The molecule has 1 aliphatic carbocycles. The third kappa shape index (κ3) is 4.99. The lowest BCUT2D eigenvalue weighted by molar-refractivity contribution is -0.125. The Morgan fingerprint density at radius 3 is 2.80 bits per heavy atom. The Hall–Kier alpha value is -0.570. The maximum Gasteiger partial charge on any atom is 0.252 e. The lowest BCUT2D eigenvalue weighted by atomic mass is 9.99. The number of piperidine rings is 1. The van der Waals surface area contributed by atoms with Crippen LogP contribution in [0.3, 0.4) is 0 Å². The van der Waals surface area contributed by atoms with Gasteiger partial charge in [-0.2, -0.15) is 16.1 Å². The lowest BCUT2D eigenvalue weighted by Crippen LogP contribution is -2.45. The van der Waals surface area contributed by atoms with Gasteiger partial charge in [-0.05, 0) is 37.1 Å². The van der Waals surface area contributed by atoms with Gasteiger partial charge in [-0.3, -0.25) is 4.79 Å². The minimum absolute atomic E-state index is 0.00176. The monoisotopic (exact) mass is 402 g/mol. The summed E-state index contributed by atoms with van der Waals surface area (Å²) in [6.45, 7) is 1.47. The molecule has 1 saturated heterocycles. The number of carbonyl (C=O) groups is 1. The summed E-state index contributed by atoms with van der Waals surface area (Å²) in [5, 5.41) is 5.53. The van der Waals surface area contributed by atoms with E-state index in [0.29, 0.717) is 23.8 Å². The molecule has 140 valence electrons. The highest BCUT2D eigenvalue weighted by Crippen LogP contribution is 2.29. The Morgan fingerprint density at radius 1 is 1.28 bits per heavy atom. The molecule has 1 aliphatic heterocycles. The first-order chi connectivity index (χ1) is 12.1. The number of nitrogens with zero attached hydrogens (tertiary/aromatic N) is 1. The molecule has 1 amide bonds. The third-order valence-electron chi connectivity index (χ3n) is 4.90. The zero-order valence-corrected chi connectivity index (χ0v) is 16.8. The van der Waals surface area contributed by atoms with E-state index in [1.54, 1.807) is 17.5 Å². The van der Waals surface area contributed by atoms with E-state index < -0.39 is 10.0 Å². The standard InChI is InChI=1S/C17H26N2O3S3/c20-17(18-9-12-23-15-6-1-2-7-15)14-5-3-10-19(13-14)25(21,22)16-8-4-11-24-16/h4,8,11,14-15H,1-3,5-7,9-10,12-13H2,(H,18,20)/t14-/m1/s1. The molecule has 2 fully saturated rings. The van der Waals surface area contributed by atoms with Crippen molar-refractivity contribution in [2.24, 2.45) is 5.92 Å². The number of hydrogen-bond donors (Lipinski definition) is 1. The fraction of sp³-hybridized carbons (Fsp3) is 0.706. The molecule has 25 heavy (non-hydrogen) atoms. The van der Waals surface area contributed by atoms with E-state index in [2.05, 4.69) is 5.32 Å². The Morgan fingerprint density at radius 2 is 2.08 bits per heavy atom. The molecule has 0 spiro atoms. The van der Waals surface area contributed by atoms with Crippen molar-refractivity contribution >= 4 is 39.0 Å². The van der Waals surface area contributed by atoms with Crippen molar-refractivity contribution in [1.82, 2.24) is 9.62 Å². The van der Waals surface area contributed by atoms with Gasteiger partial charge in [-0.25, -0.2) is 8.42 Å². The van der Waals surface area contributed by atoms with Gasteiger partial charge < -0.3 is 5.32 Å². The van der Waals surface area contributed by atoms with Crippen molar-refractivity contribution in [1.29, 1.82) is 0 Å². The Balaban J connectivity index is 1.46. The van der Waals surface area contributed by atoms with Crippen LogP contribution >= 0.6 is 23.1 Å². The highest BCUT2D eigenvalue weighted by molar-refractivity contribution is 7.99. The molecule has 0 radical (unpaired) electrons. The SMILES string of the molecule is O=C(NCCSC1CCCC1)[C@@H]1CCCN(S(=O)(=O)c2cccs2)C1. The molecule has 0 aromatic carbocycles. The molecule has 1 aromatic heterocycles. The average molecular weight is 403 g/mol. The van der Waals surface area contributed by atoms with Gasteiger partial charge in [0.25, 0.3) is 10.0 Å². The van der Waals surface area contributed by atoms with Crippen molar-refractivity contribution in [2.45, 2.75) is 48.0 Å². The van der Waals surface area contributed by atoms with Gasteiger partial charge in [-0.15, -0.1) is 11.3 Å². The topological polar surface area (TPSA) is 66.5 Å². The molecular weight excluding hydrogens is 376 g/mol. The van der Waals surface area contributed by atoms with Crippen molar-refractivity contribution < 1.29 is 13.2 Å². The molecule has 5 nitrogen and oxygen atoms in total. The highest BCUT2D eigenvalue weighted by atomic mass is 32.2. The maximum atomic E-state index is 12.6. The highest BCUT2D eigenvalue weighted by Gasteiger charge is 2.33. The zero-order chi connectivity index (χ0) is 17.7. The molecule has 1 atom stereocenters. The van der Waals surface area contributed by atoms with E-state index >= 15 is 0 Å². The number of sulfonamides is 1. The van der Waals surface area contributed by atoms with Crippen LogP contribution < -0.4 is 5.32 Å². The summed E-state index contributed by atoms with van der Waals surface area (Å²) >= 11 is 3.19. The summed E-state index contributed by atoms with van der Waals surface area (Å²) in [6, 6.07) is 3.37. The number of carbonyl (C=O) groups excluding carboxylic acids is 1. The smallest absolute Gasteiger partial charge is 0.252 e. The quantitative estimate of drug-likeness (QED) is 0.712. The van der Waals surface area contributed by atoms with Crippen molar-refractivity contribution in [3.05, 3.63) is 17.5 Å². The van der Waals surface area contributed by atoms with E-state index in [0.717, 1.165) is 23.8 Å². The van der Waals surface area contributed by atoms with Crippen LogP contribution in [0.5, 0.6) is 0 Å². The summed E-state index contributed by atoms with van der Waals surface area (Å²) in [5.74, 6) is 0.707. The van der Waals surface area contributed by atoms with Crippen molar-refractivity contribution in [3.8, 4) is 0 Å². The third-order valence-corrected chi connectivity index (χ3v) is 9.52. The number of rotatable bonds is 7. The fourth-order valence-corrected chi connectivity index (χ4v) is 7.40. The van der Waals surface area contributed by atoms with Gasteiger partial charge in [0.2, 0.25) is 5.91 Å². The van der Waals surface area contributed by atoms with Crippen LogP contribution in [0, 0.1) is 5.92 Å². The van der Waals surface area contributed by atoms with Crippen LogP contribution in [-0.4, -0.2) is 49.3 Å². The zero-order valence-electron chi connectivity index (χ0n) is 14.4. The van der Waals surface area contributed by atoms with Crippen LogP contribution in [0.1, 0.15) is 38.5 Å². The van der Waals surface area contributed by atoms with E-state index in [9.17, 15) is 13.2 Å². The summed E-state index contributed by atoms with van der Waals surface area (Å²) in [7, 11) is -3.45. The second-order valence-electron chi connectivity index (χ2n) is 6.70. The van der Waals surface area contributed by atoms with Crippen LogP contribution in [0.25, 0.3) is 0 Å². The first kappa shape index (κ1) is 19.2. The summed E-state index contributed by atoms with van der Waals surface area (Å²) < 4.78 is 27.1. The molecule has 1 saturated carbocycles. The first-order valence-electron chi connectivity index (χ1n) is 9.00. The molecule has 2 aliphatic rings. The number of amides is 1. The molecule has 8 heteroatoms. The van der Waals surface area contributed by atoms with Crippen molar-refractivity contribution in [2.75, 3.05) is 25.4 Å². The van der Waals surface area contributed by atoms with Crippen LogP contribution in [-0.2, 0) is 14.8 Å². The average Bonchev–Trinajstić information content (AvgIpc) is 3.32. The van der Waals surface area contributed by atoms with Gasteiger partial charge in [0, 0.05) is 30.6 Å². The summed E-state index contributed by atoms with van der Waals surface area (Å²) in [6.07, 6.45) is 6.77. The van der Waals surface area contributed by atoms with Crippen LogP contribution in [0.4, 0.5) is 0 Å². The molecule has 1 N–H and O–H groups in total. The molecule has 0 unspecified atom stereocenters. The Kier molecular flexibility index (Phi) is 6.82. The molecule has 0 bridgehead atoms. The molecule has 3 rings (SSSR count). The molecular formula is C17H26N2O3S3. The second-order valence-corrected chi connectivity index (χ2v) is 11.2. The minimum atomic E-state index is -3.45. The van der Waals surface area contributed by atoms with E-state index in [1.165, 1.54) is 41.3 Å². The van der Waals surface area contributed by atoms with Crippen LogP contribution in [0.2, 0.25) is 0 Å². The van der Waals surface area contributed by atoms with E-state index in [4.69, 9.17) is 0 Å². The Labute approximate surface area is 158 Å². The van der Waals surface area contributed by atoms with Crippen molar-refractivity contribution in [3.63, 3.8) is 0 Å². The predicted octanol–water partition coefficient (Wildman–Crippen LogP) is 2.94. The van der Waals surface area contributed by atoms with Gasteiger partial charge in [0.15, 0.2) is 0 Å². The second kappa shape index (κ2) is 8.88. The molecule has 1 aromatic rings. The minimum Gasteiger partial charge on any atom is -0.355 e. The van der Waals surface area contributed by atoms with Gasteiger partial charge in [0.05, 0.1) is 5.92 Å². The van der Waals surface area contributed by atoms with Crippen LogP contribution in [0.15, 0.2) is 21.7 Å². The number of hydrogen-bond acceptors (Lipinski definition) is 5. The number of thioether (sulfide) groups is 1. The number of nitrogens with one attached hydrogen (secondary N) is 1. The largest absolute Gasteiger partial charge is 0.355 e. The normalized spacial score (nSPS) is 23.0. The molecule has 2 heterocycles. The van der Waals surface area contributed by atoms with E-state index in [1.807, 2.05) is 11.8 Å². The van der Waals surface area contributed by atoms with Gasteiger partial charge in [0.1, 0.15) is 4.21 Å². The fourth-order valence-electron chi connectivity index (χ4n) is 3.51. The maximum absolute atomic E-state index is 12.6.